The van der Waals surface area contributed by atoms with Gasteiger partial charge in [0.25, 0.3) is 0 Å². The van der Waals surface area contributed by atoms with Crippen LogP contribution in [0.25, 0.3) is 0 Å². The van der Waals surface area contributed by atoms with Crippen molar-refractivity contribution in [3.05, 3.63) is 39.0 Å². The van der Waals surface area contributed by atoms with Crippen LogP contribution in [0, 0.1) is 17.0 Å². The van der Waals surface area contributed by atoms with E-state index in [9.17, 15) is 23.3 Å². The fourth-order valence-electron chi connectivity index (χ4n) is 1.84. The molecular formula is C11H11F3N4O3. The van der Waals surface area contributed by atoms with Gasteiger partial charge in [-0.25, -0.2) is 0 Å². The quantitative estimate of drug-likeness (QED) is 0.640. The molecule has 0 N–H and O–H groups in total. The summed E-state index contributed by atoms with van der Waals surface area (Å²) < 4.78 is 44.2. The monoisotopic (exact) mass is 304 g/mol. The molecule has 2 heterocycles. The van der Waals surface area contributed by atoms with Crippen LogP contribution in [0.4, 0.5) is 18.9 Å². The summed E-state index contributed by atoms with van der Waals surface area (Å²) in [5.41, 5.74) is -2.11. The van der Waals surface area contributed by atoms with E-state index in [0.29, 0.717) is 12.1 Å². The largest absolute Gasteiger partial charge is 0.442 e. The van der Waals surface area contributed by atoms with Gasteiger partial charge in [-0.05, 0) is 13.3 Å². The maximum Gasteiger partial charge on any atom is 0.442 e. The lowest BCUT2D eigenvalue weighted by molar-refractivity contribution is -0.388. The molecule has 21 heavy (non-hydrogen) atoms. The van der Waals surface area contributed by atoms with Gasteiger partial charge in [-0.15, -0.1) is 0 Å². The van der Waals surface area contributed by atoms with E-state index in [1.54, 1.807) is 6.07 Å². The second-order valence-corrected chi connectivity index (χ2v) is 4.33. The standard InChI is InChI=1S/C11H11F3N4O3/c1-3-7-4-8(21-16-7)5-17-6(2)9(18(19)20)10(15-17)11(12,13)14/h4H,3,5H2,1-2H3. The van der Waals surface area contributed by atoms with Gasteiger partial charge in [0.2, 0.25) is 5.69 Å². The predicted molar refractivity (Wildman–Crippen MR) is 63.6 cm³/mol. The van der Waals surface area contributed by atoms with E-state index in [0.717, 1.165) is 4.68 Å². The lowest BCUT2D eigenvalue weighted by Crippen LogP contribution is -2.10. The normalized spacial score (nSPS) is 11.9. The summed E-state index contributed by atoms with van der Waals surface area (Å²) in [7, 11) is 0. The van der Waals surface area contributed by atoms with Gasteiger partial charge in [0.05, 0.1) is 10.6 Å². The number of nitro groups is 1. The van der Waals surface area contributed by atoms with E-state index in [1.807, 2.05) is 6.92 Å². The van der Waals surface area contributed by atoms with E-state index in [4.69, 9.17) is 4.52 Å². The minimum Gasteiger partial charge on any atom is -0.359 e. The summed E-state index contributed by atoms with van der Waals surface area (Å²) in [5.74, 6) is 0.279. The Labute approximate surface area is 116 Å². The van der Waals surface area contributed by atoms with Crippen molar-refractivity contribution in [3.63, 3.8) is 0 Å². The first-order valence-corrected chi connectivity index (χ1v) is 5.97. The van der Waals surface area contributed by atoms with Crippen molar-refractivity contribution in [1.82, 2.24) is 14.9 Å². The zero-order valence-electron chi connectivity index (χ0n) is 11.1. The van der Waals surface area contributed by atoms with Crippen LogP contribution in [0.2, 0.25) is 0 Å². The van der Waals surface area contributed by atoms with Gasteiger partial charge in [-0.1, -0.05) is 12.1 Å². The zero-order valence-corrected chi connectivity index (χ0v) is 11.1. The van der Waals surface area contributed by atoms with Crippen molar-refractivity contribution in [2.45, 2.75) is 33.0 Å². The van der Waals surface area contributed by atoms with Gasteiger partial charge in [0.1, 0.15) is 12.2 Å². The Balaban J connectivity index is 2.43. The molecule has 0 aliphatic heterocycles. The Morgan fingerprint density at radius 1 is 1.48 bits per heavy atom. The molecule has 2 rings (SSSR count). The number of aromatic nitrogens is 3. The van der Waals surface area contributed by atoms with Crippen LogP contribution in [-0.4, -0.2) is 19.9 Å². The molecule has 0 radical (unpaired) electrons. The molecule has 7 nitrogen and oxygen atoms in total. The lowest BCUT2D eigenvalue weighted by Gasteiger charge is -2.00. The average Bonchev–Trinajstić information content (AvgIpc) is 2.94. The van der Waals surface area contributed by atoms with Crippen LogP contribution in [0.3, 0.4) is 0 Å². The Morgan fingerprint density at radius 2 is 2.14 bits per heavy atom. The molecule has 2 aromatic heterocycles. The molecule has 10 heteroatoms. The molecule has 0 fully saturated rings. The van der Waals surface area contributed by atoms with E-state index >= 15 is 0 Å². The van der Waals surface area contributed by atoms with Crippen molar-refractivity contribution in [2.24, 2.45) is 0 Å². The molecule has 0 saturated carbocycles. The van der Waals surface area contributed by atoms with Crippen LogP contribution in [0.15, 0.2) is 10.6 Å². The van der Waals surface area contributed by atoms with Crippen molar-refractivity contribution in [3.8, 4) is 0 Å². The molecule has 114 valence electrons. The average molecular weight is 304 g/mol. The molecule has 0 aromatic carbocycles. The molecule has 0 amide bonds. The molecule has 0 atom stereocenters. The first-order valence-electron chi connectivity index (χ1n) is 5.97. The van der Waals surface area contributed by atoms with Crippen LogP contribution < -0.4 is 0 Å². The van der Waals surface area contributed by atoms with Gasteiger partial charge >= 0.3 is 11.9 Å². The summed E-state index contributed by atoms with van der Waals surface area (Å²) >= 11 is 0. The molecule has 0 aliphatic carbocycles. The number of aryl methyl sites for hydroxylation is 1. The fourth-order valence-corrected chi connectivity index (χ4v) is 1.84. The number of alkyl halides is 3. The molecule has 0 unspecified atom stereocenters. The highest BCUT2D eigenvalue weighted by Gasteiger charge is 2.44. The van der Waals surface area contributed by atoms with Gasteiger partial charge in [0.15, 0.2) is 5.76 Å². The first kappa shape index (κ1) is 15.0. The van der Waals surface area contributed by atoms with Gasteiger partial charge in [-0.3, -0.25) is 14.8 Å². The van der Waals surface area contributed by atoms with Crippen molar-refractivity contribution in [1.29, 1.82) is 0 Å². The third-order valence-electron chi connectivity index (χ3n) is 2.90. The van der Waals surface area contributed by atoms with Crippen LogP contribution in [0.1, 0.15) is 29.8 Å². The molecule has 2 aromatic rings. The minimum absolute atomic E-state index is 0.157. The Bertz CT molecular complexity index is 675. The molecule has 0 aliphatic rings. The first-order chi connectivity index (χ1) is 9.74. The maximum atomic E-state index is 12.8. The van der Waals surface area contributed by atoms with E-state index < -0.39 is 22.5 Å². The maximum absolute atomic E-state index is 12.8. The summed E-state index contributed by atoms with van der Waals surface area (Å²) in [4.78, 5) is 9.74. The number of rotatable bonds is 4. The lowest BCUT2D eigenvalue weighted by atomic mass is 10.3. The van der Waals surface area contributed by atoms with E-state index in [1.165, 1.54) is 6.92 Å². The van der Waals surface area contributed by atoms with Gasteiger partial charge in [0, 0.05) is 6.07 Å². The molecular weight excluding hydrogens is 293 g/mol. The smallest absolute Gasteiger partial charge is 0.359 e. The van der Waals surface area contributed by atoms with Crippen LogP contribution >= 0.6 is 0 Å². The SMILES string of the molecule is CCc1cc(Cn2nc(C(F)(F)F)c([N+](=O)[O-])c2C)on1. The summed E-state index contributed by atoms with van der Waals surface area (Å²) in [5, 5.41) is 17.8. The second-order valence-electron chi connectivity index (χ2n) is 4.33. The van der Waals surface area contributed by atoms with Crippen molar-refractivity contribution >= 4 is 5.69 Å². The highest BCUT2D eigenvalue weighted by molar-refractivity contribution is 5.42. The van der Waals surface area contributed by atoms with Crippen molar-refractivity contribution in [2.75, 3.05) is 0 Å². The highest BCUT2D eigenvalue weighted by Crippen LogP contribution is 2.37. The molecule has 0 bridgehead atoms. The van der Waals surface area contributed by atoms with E-state index in [2.05, 4.69) is 10.3 Å². The predicted octanol–water partition coefficient (Wildman–Crippen LogP) is 2.72. The molecule has 0 spiro atoms. The summed E-state index contributed by atoms with van der Waals surface area (Å²) in [6.45, 7) is 2.89. The number of halogens is 3. The van der Waals surface area contributed by atoms with Crippen LogP contribution in [0.5, 0.6) is 0 Å². The van der Waals surface area contributed by atoms with E-state index in [-0.39, 0.29) is 18.0 Å². The van der Waals surface area contributed by atoms with Crippen molar-refractivity contribution < 1.29 is 22.6 Å². The Kier molecular flexibility index (Phi) is 3.71. The summed E-state index contributed by atoms with van der Waals surface area (Å²) in [6, 6.07) is 1.57. The summed E-state index contributed by atoms with van der Waals surface area (Å²) in [6.07, 6.45) is -4.29. The third kappa shape index (κ3) is 2.88. The van der Waals surface area contributed by atoms with Gasteiger partial charge in [-0.2, -0.15) is 18.3 Å². The van der Waals surface area contributed by atoms with Gasteiger partial charge < -0.3 is 4.52 Å². The highest BCUT2D eigenvalue weighted by atomic mass is 19.4. The fraction of sp³-hybridized carbons (Fsp3) is 0.455. The second kappa shape index (κ2) is 5.19. The molecule has 0 saturated heterocycles. The Hall–Kier alpha value is -2.39. The number of nitrogens with zero attached hydrogens (tertiary/aromatic N) is 4. The zero-order chi connectivity index (χ0) is 15.8. The van der Waals surface area contributed by atoms with Crippen LogP contribution in [-0.2, 0) is 19.1 Å². The number of hydrogen-bond donors (Lipinski definition) is 0. The number of hydrogen-bond acceptors (Lipinski definition) is 5. The minimum atomic E-state index is -4.89. The topological polar surface area (TPSA) is 87.0 Å². The third-order valence-corrected chi connectivity index (χ3v) is 2.90. The Morgan fingerprint density at radius 3 is 2.57 bits per heavy atom.